The Hall–Kier alpha value is -0.810. The summed E-state index contributed by atoms with van der Waals surface area (Å²) in [5.41, 5.74) is 0.417. The smallest absolute Gasteiger partial charge is 0.130 e. The van der Waals surface area contributed by atoms with Crippen LogP contribution < -0.4 is 5.32 Å². The van der Waals surface area contributed by atoms with Crippen LogP contribution in [0.3, 0.4) is 0 Å². The molecular formula is C12H17F2NOS. The lowest BCUT2D eigenvalue weighted by Crippen LogP contribution is -2.30. The van der Waals surface area contributed by atoms with Crippen LogP contribution in [-0.4, -0.2) is 22.3 Å². The van der Waals surface area contributed by atoms with Crippen molar-refractivity contribution in [1.82, 2.24) is 5.32 Å². The minimum absolute atomic E-state index is 0.000889. The van der Waals surface area contributed by atoms with Gasteiger partial charge in [0.1, 0.15) is 11.6 Å². The first kappa shape index (κ1) is 14.3. The van der Waals surface area contributed by atoms with Gasteiger partial charge in [-0.15, -0.1) is 0 Å². The standard InChI is InChI=1S/C12H17F2NOS/c1-8(17(3)16)7-15-9(2)11-5-4-10(13)6-12(11)14/h4-6,8-9,15H,7H2,1-3H3. The van der Waals surface area contributed by atoms with Crippen LogP contribution in [0, 0.1) is 11.6 Å². The molecule has 1 rings (SSSR count). The molecule has 0 heterocycles. The van der Waals surface area contributed by atoms with Crippen molar-refractivity contribution in [2.24, 2.45) is 0 Å². The maximum Gasteiger partial charge on any atom is 0.130 e. The van der Waals surface area contributed by atoms with Crippen molar-refractivity contribution < 1.29 is 13.0 Å². The third-order valence-corrected chi connectivity index (χ3v) is 4.01. The normalized spacial score (nSPS) is 16.5. The maximum absolute atomic E-state index is 13.4. The predicted octanol–water partition coefficient (Wildman–Crippen LogP) is 2.38. The van der Waals surface area contributed by atoms with Crippen LogP contribution in [0.5, 0.6) is 0 Å². The first-order valence-electron chi connectivity index (χ1n) is 5.42. The van der Waals surface area contributed by atoms with Gasteiger partial charge in [0.15, 0.2) is 0 Å². The molecule has 0 bridgehead atoms. The Morgan fingerprint density at radius 2 is 2.00 bits per heavy atom. The SMILES string of the molecule is CC(NCC(C)S(C)=O)c1ccc(F)cc1F. The number of halogens is 2. The lowest BCUT2D eigenvalue weighted by Gasteiger charge is -2.17. The van der Waals surface area contributed by atoms with Crippen LogP contribution in [0.4, 0.5) is 8.78 Å². The molecule has 5 heteroatoms. The molecule has 0 saturated heterocycles. The molecule has 96 valence electrons. The van der Waals surface area contributed by atoms with Crippen molar-refractivity contribution in [2.45, 2.75) is 25.1 Å². The Morgan fingerprint density at radius 1 is 1.35 bits per heavy atom. The van der Waals surface area contributed by atoms with Gasteiger partial charge < -0.3 is 5.32 Å². The number of hydrogen-bond donors (Lipinski definition) is 1. The first-order chi connectivity index (χ1) is 7.91. The molecule has 0 saturated carbocycles. The predicted molar refractivity (Wildman–Crippen MR) is 66.3 cm³/mol. The van der Waals surface area contributed by atoms with Crippen LogP contribution >= 0.6 is 0 Å². The van der Waals surface area contributed by atoms with Crippen LogP contribution in [0.2, 0.25) is 0 Å². The molecule has 1 aromatic carbocycles. The van der Waals surface area contributed by atoms with Gasteiger partial charge in [-0.3, -0.25) is 4.21 Å². The first-order valence-corrected chi connectivity index (χ1v) is 7.04. The molecule has 0 aliphatic heterocycles. The van der Waals surface area contributed by atoms with E-state index in [2.05, 4.69) is 5.32 Å². The fourth-order valence-electron chi connectivity index (χ4n) is 1.42. The Bertz CT molecular complexity index is 411. The summed E-state index contributed by atoms with van der Waals surface area (Å²) in [5.74, 6) is -1.14. The van der Waals surface area contributed by atoms with Crippen LogP contribution in [-0.2, 0) is 10.8 Å². The molecule has 0 fully saturated rings. The summed E-state index contributed by atoms with van der Waals surface area (Å²) in [6.45, 7) is 4.18. The second-order valence-corrected chi connectivity index (χ2v) is 5.91. The average molecular weight is 261 g/mol. The summed E-state index contributed by atoms with van der Waals surface area (Å²) in [4.78, 5) is 0. The molecule has 1 aromatic rings. The van der Waals surface area contributed by atoms with Crippen molar-refractivity contribution in [3.8, 4) is 0 Å². The van der Waals surface area contributed by atoms with E-state index in [4.69, 9.17) is 0 Å². The monoisotopic (exact) mass is 261 g/mol. The van der Waals surface area contributed by atoms with Gasteiger partial charge in [0.2, 0.25) is 0 Å². The summed E-state index contributed by atoms with van der Waals surface area (Å²) in [5, 5.41) is 3.09. The van der Waals surface area contributed by atoms with E-state index in [1.54, 1.807) is 13.2 Å². The highest BCUT2D eigenvalue weighted by Gasteiger charge is 2.13. The summed E-state index contributed by atoms with van der Waals surface area (Å²) in [7, 11) is -0.908. The van der Waals surface area contributed by atoms with E-state index in [1.165, 1.54) is 12.1 Å². The Labute approximate surface area is 103 Å². The maximum atomic E-state index is 13.4. The molecule has 0 radical (unpaired) electrons. The zero-order valence-corrected chi connectivity index (χ0v) is 11.0. The fraction of sp³-hybridized carbons (Fsp3) is 0.500. The van der Waals surface area contributed by atoms with Crippen LogP contribution in [0.25, 0.3) is 0 Å². The van der Waals surface area contributed by atoms with Crippen molar-refractivity contribution in [3.05, 3.63) is 35.4 Å². The highest BCUT2D eigenvalue weighted by atomic mass is 32.2. The molecule has 0 aliphatic rings. The molecule has 0 aromatic heterocycles. The zero-order valence-electron chi connectivity index (χ0n) is 10.2. The van der Waals surface area contributed by atoms with Gasteiger partial charge in [-0.2, -0.15) is 0 Å². The Kier molecular flexibility index (Phi) is 5.21. The molecular weight excluding hydrogens is 244 g/mol. The highest BCUT2D eigenvalue weighted by molar-refractivity contribution is 7.84. The van der Waals surface area contributed by atoms with E-state index in [0.29, 0.717) is 12.1 Å². The molecule has 3 unspecified atom stereocenters. The van der Waals surface area contributed by atoms with E-state index in [9.17, 15) is 13.0 Å². The van der Waals surface area contributed by atoms with Crippen molar-refractivity contribution in [3.63, 3.8) is 0 Å². The zero-order chi connectivity index (χ0) is 13.0. The molecule has 3 atom stereocenters. The molecule has 0 aliphatic carbocycles. The van der Waals surface area contributed by atoms with Gasteiger partial charge >= 0.3 is 0 Å². The Balaban J connectivity index is 2.64. The summed E-state index contributed by atoms with van der Waals surface area (Å²) < 4.78 is 37.3. The van der Waals surface area contributed by atoms with Gasteiger partial charge in [-0.25, -0.2) is 8.78 Å². The van der Waals surface area contributed by atoms with Crippen molar-refractivity contribution >= 4 is 10.8 Å². The molecule has 0 amide bonds. The van der Waals surface area contributed by atoms with Crippen LogP contribution in [0.1, 0.15) is 25.5 Å². The van der Waals surface area contributed by atoms with Gasteiger partial charge in [0, 0.05) is 46.5 Å². The summed E-state index contributed by atoms with van der Waals surface area (Å²) in [6, 6.07) is 3.30. The second kappa shape index (κ2) is 6.21. The van der Waals surface area contributed by atoms with Gasteiger partial charge in [-0.05, 0) is 19.9 Å². The summed E-state index contributed by atoms with van der Waals surface area (Å²) >= 11 is 0. The Morgan fingerprint density at radius 3 is 2.53 bits per heavy atom. The number of nitrogens with one attached hydrogen (secondary N) is 1. The highest BCUT2D eigenvalue weighted by Crippen LogP contribution is 2.17. The fourth-order valence-corrected chi connectivity index (χ4v) is 1.75. The van der Waals surface area contributed by atoms with E-state index in [1.807, 2.05) is 6.92 Å². The lowest BCUT2D eigenvalue weighted by atomic mass is 10.1. The summed E-state index contributed by atoms with van der Waals surface area (Å²) in [6.07, 6.45) is 1.63. The molecule has 2 nitrogen and oxygen atoms in total. The van der Waals surface area contributed by atoms with Crippen molar-refractivity contribution in [1.29, 1.82) is 0 Å². The average Bonchev–Trinajstić information content (AvgIpc) is 2.25. The lowest BCUT2D eigenvalue weighted by molar-refractivity contribution is 0.518. The van der Waals surface area contributed by atoms with Crippen LogP contribution in [0.15, 0.2) is 18.2 Å². The number of benzene rings is 1. The second-order valence-electron chi connectivity index (χ2n) is 4.10. The van der Waals surface area contributed by atoms with E-state index >= 15 is 0 Å². The molecule has 17 heavy (non-hydrogen) atoms. The van der Waals surface area contributed by atoms with E-state index in [-0.39, 0.29) is 11.3 Å². The third-order valence-electron chi connectivity index (χ3n) is 2.71. The number of hydrogen-bond acceptors (Lipinski definition) is 2. The topological polar surface area (TPSA) is 29.1 Å². The molecule has 0 spiro atoms. The quantitative estimate of drug-likeness (QED) is 0.881. The minimum atomic E-state index is -0.908. The third kappa shape index (κ3) is 4.16. The number of rotatable bonds is 5. The van der Waals surface area contributed by atoms with Gasteiger partial charge in [0.05, 0.1) is 0 Å². The minimum Gasteiger partial charge on any atom is -0.309 e. The van der Waals surface area contributed by atoms with Gasteiger partial charge in [-0.1, -0.05) is 6.07 Å². The van der Waals surface area contributed by atoms with Crippen molar-refractivity contribution in [2.75, 3.05) is 12.8 Å². The largest absolute Gasteiger partial charge is 0.309 e. The van der Waals surface area contributed by atoms with E-state index in [0.717, 1.165) is 6.07 Å². The molecule has 1 N–H and O–H groups in total. The van der Waals surface area contributed by atoms with Gasteiger partial charge in [0.25, 0.3) is 0 Å². The van der Waals surface area contributed by atoms with E-state index < -0.39 is 22.4 Å².